The summed E-state index contributed by atoms with van der Waals surface area (Å²) >= 11 is 0. The lowest BCUT2D eigenvalue weighted by molar-refractivity contribution is -0.385. The number of nitrogens with zero attached hydrogens (tertiary/aromatic N) is 1. The Morgan fingerprint density at radius 1 is 1.67 bits per heavy atom. The third-order valence-electron chi connectivity index (χ3n) is 3.00. The maximum absolute atomic E-state index is 14.4. The first-order chi connectivity index (χ1) is 8.49. The summed E-state index contributed by atoms with van der Waals surface area (Å²) in [5.74, 6) is -1.44. The smallest absolute Gasteiger partial charge is 0.312 e. The van der Waals surface area contributed by atoms with Crippen molar-refractivity contribution in [2.75, 3.05) is 6.61 Å². The number of benzene rings is 1. The summed E-state index contributed by atoms with van der Waals surface area (Å²) in [6.07, 6.45) is 0.0208. The maximum Gasteiger partial charge on any atom is 0.312 e. The standard InChI is InChI=1S/C12H12FNO4/c1-2-18-11(15)10-7-12(10,13)8-4-3-5-9(6-8)14(16)17/h3-6,10H,2,7H2,1H3/t10-,12+/m1/s1. The predicted octanol–water partition coefficient (Wildman–Crippen LogP) is 2.34. The molecular weight excluding hydrogens is 241 g/mol. The number of ether oxygens (including phenoxy) is 1. The molecule has 2 rings (SSSR count). The first-order valence-corrected chi connectivity index (χ1v) is 5.59. The second-order valence-electron chi connectivity index (χ2n) is 4.18. The van der Waals surface area contributed by atoms with Crippen LogP contribution in [0.1, 0.15) is 18.9 Å². The number of hydrogen-bond acceptors (Lipinski definition) is 4. The summed E-state index contributed by atoms with van der Waals surface area (Å²) in [5, 5.41) is 10.6. The number of non-ortho nitro benzene ring substituents is 1. The van der Waals surface area contributed by atoms with Crippen molar-refractivity contribution in [1.82, 2.24) is 0 Å². The highest BCUT2D eigenvalue weighted by molar-refractivity contribution is 5.78. The molecule has 1 aliphatic carbocycles. The van der Waals surface area contributed by atoms with Gasteiger partial charge in [0.25, 0.3) is 5.69 Å². The molecule has 0 N–H and O–H groups in total. The number of esters is 1. The van der Waals surface area contributed by atoms with Gasteiger partial charge in [-0.15, -0.1) is 0 Å². The molecule has 0 aromatic heterocycles. The van der Waals surface area contributed by atoms with Crippen molar-refractivity contribution < 1.29 is 18.8 Å². The minimum Gasteiger partial charge on any atom is -0.466 e. The van der Waals surface area contributed by atoms with Crippen molar-refractivity contribution in [2.24, 2.45) is 5.92 Å². The molecule has 0 radical (unpaired) electrons. The number of nitro benzene ring substituents is 1. The van der Waals surface area contributed by atoms with Crippen LogP contribution in [0.3, 0.4) is 0 Å². The number of halogens is 1. The van der Waals surface area contributed by atoms with E-state index in [0.29, 0.717) is 0 Å². The quantitative estimate of drug-likeness (QED) is 0.469. The zero-order chi connectivity index (χ0) is 13.3. The van der Waals surface area contributed by atoms with Crippen molar-refractivity contribution in [2.45, 2.75) is 19.0 Å². The molecule has 0 saturated heterocycles. The van der Waals surface area contributed by atoms with Crippen LogP contribution in [-0.2, 0) is 15.2 Å². The highest BCUT2D eigenvalue weighted by Crippen LogP contribution is 2.56. The van der Waals surface area contributed by atoms with Crippen LogP contribution in [0.25, 0.3) is 0 Å². The second kappa shape index (κ2) is 4.36. The lowest BCUT2D eigenvalue weighted by Crippen LogP contribution is -2.13. The molecule has 0 bridgehead atoms. The minimum absolute atomic E-state index is 0.0208. The molecule has 0 amide bonds. The molecule has 2 atom stereocenters. The van der Waals surface area contributed by atoms with Crippen LogP contribution in [0.2, 0.25) is 0 Å². The first kappa shape index (κ1) is 12.5. The van der Waals surface area contributed by atoms with E-state index in [-0.39, 0.29) is 24.3 Å². The van der Waals surface area contributed by atoms with Crippen LogP contribution in [0, 0.1) is 16.0 Å². The van der Waals surface area contributed by atoms with E-state index in [2.05, 4.69) is 0 Å². The van der Waals surface area contributed by atoms with Gasteiger partial charge in [-0.2, -0.15) is 0 Å². The van der Waals surface area contributed by atoms with Gasteiger partial charge in [0.2, 0.25) is 0 Å². The summed E-state index contributed by atoms with van der Waals surface area (Å²) in [6, 6.07) is 5.31. The SMILES string of the molecule is CCOC(=O)[C@H]1C[C@]1(F)c1cccc([N+](=O)[O-])c1. The predicted molar refractivity (Wildman–Crippen MR) is 60.6 cm³/mol. The summed E-state index contributed by atoms with van der Waals surface area (Å²) in [7, 11) is 0. The fourth-order valence-electron chi connectivity index (χ4n) is 1.95. The van der Waals surface area contributed by atoms with Gasteiger partial charge >= 0.3 is 5.97 Å². The Kier molecular flexibility index (Phi) is 3.02. The molecule has 18 heavy (non-hydrogen) atoms. The summed E-state index contributed by atoms with van der Waals surface area (Å²) < 4.78 is 19.1. The van der Waals surface area contributed by atoms with E-state index in [0.717, 1.165) is 0 Å². The summed E-state index contributed by atoms with van der Waals surface area (Å²) in [5.41, 5.74) is -1.84. The van der Waals surface area contributed by atoms with E-state index < -0.39 is 22.5 Å². The highest BCUT2D eigenvalue weighted by Gasteiger charge is 2.62. The lowest BCUT2D eigenvalue weighted by atomic mass is 10.1. The van der Waals surface area contributed by atoms with E-state index in [9.17, 15) is 19.3 Å². The van der Waals surface area contributed by atoms with E-state index in [1.807, 2.05) is 0 Å². The average molecular weight is 253 g/mol. The molecule has 1 saturated carbocycles. The fourth-order valence-corrected chi connectivity index (χ4v) is 1.95. The zero-order valence-corrected chi connectivity index (χ0v) is 9.76. The largest absolute Gasteiger partial charge is 0.466 e. The van der Waals surface area contributed by atoms with E-state index in [1.165, 1.54) is 24.3 Å². The fraction of sp³-hybridized carbons (Fsp3) is 0.417. The van der Waals surface area contributed by atoms with Gasteiger partial charge in [-0.3, -0.25) is 14.9 Å². The molecule has 0 spiro atoms. The molecule has 0 heterocycles. The van der Waals surface area contributed by atoms with Crippen molar-refractivity contribution in [3.63, 3.8) is 0 Å². The number of nitro groups is 1. The Balaban J connectivity index is 2.20. The Bertz CT molecular complexity index is 505. The molecule has 0 unspecified atom stereocenters. The number of alkyl halides is 1. The molecular formula is C12H12FNO4. The summed E-state index contributed by atoms with van der Waals surface area (Å²) in [6.45, 7) is 1.84. The minimum atomic E-state index is -1.82. The second-order valence-corrected chi connectivity index (χ2v) is 4.18. The van der Waals surface area contributed by atoms with Crippen molar-refractivity contribution in [3.05, 3.63) is 39.9 Å². The molecule has 1 aromatic carbocycles. The number of rotatable bonds is 4. The molecule has 1 aromatic rings. The summed E-state index contributed by atoms with van der Waals surface area (Å²) in [4.78, 5) is 21.4. The van der Waals surface area contributed by atoms with Crippen LogP contribution in [0.4, 0.5) is 10.1 Å². The molecule has 1 aliphatic rings. The molecule has 0 aliphatic heterocycles. The monoisotopic (exact) mass is 253 g/mol. The van der Waals surface area contributed by atoms with Crippen LogP contribution in [0.15, 0.2) is 24.3 Å². The van der Waals surface area contributed by atoms with Crippen molar-refractivity contribution in [1.29, 1.82) is 0 Å². The van der Waals surface area contributed by atoms with Gasteiger partial charge < -0.3 is 4.74 Å². The Hall–Kier alpha value is -1.98. The van der Waals surface area contributed by atoms with Crippen molar-refractivity contribution in [3.8, 4) is 0 Å². The van der Waals surface area contributed by atoms with Gasteiger partial charge in [0.1, 0.15) is 0 Å². The number of hydrogen-bond donors (Lipinski definition) is 0. The number of carbonyl (C=O) groups is 1. The van der Waals surface area contributed by atoms with E-state index in [1.54, 1.807) is 6.92 Å². The Morgan fingerprint density at radius 3 is 3.00 bits per heavy atom. The van der Waals surface area contributed by atoms with Crippen molar-refractivity contribution >= 4 is 11.7 Å². The first-order valence-electron chi connectivity index (χ1n) is 5.59. The van der Waals surface area contributed by atoms with Gasteiger partial charge in [0.15, 0.2) is 5.67 Å². The highest BCUT2D eigenvalue weighted by atomic mass is 19.1. The number of carbonyl (C=O) groups excluding carboxylic acids is 1. The third kappa shape index (κ3) is 2.05. The zero-order valence-electron chi connectivity index (χ0n) is 9.76. The van der Waals surface area contributed by atoms with Gasteiger partial charge in [-0.1, -0.05) is 12.1 Å². The maximum atomic E-state index is 14.4. The third-order valence-corrected chi connectivity index (χ3v) is 3.00. The van der Waals surface area contributed by atoms with Crippen LogP contribution >= 0.6 is 0 Å². The normalized spacial score (nSPS) is 25.6. The van der Waals surface area contributed by atoms with Crippen LogP contribution in [0.5, 0.6) is 0 Å². The lowest BCUT2D eigenvalue weighted by Gasteiger charge is -2.07. The van der Waals surface area contributed by atoms with Crippen LogP contribution < -0.4 is 0 Å². The molecule has 6 heteroatoms. The average Bonchev–Trinajstić information content (AvgIpc) is 3.04. The van der Waals surface area contributed by atoms with Gasteiger partial charge in [-0.25, -0.2) is 4.39 Å². The molecule has 1 fully saturated rings. The van der Waals surface area contributed by atoms with Crippen LogP contribution in [-0.4, -0.2) is 17.5 Å². The van der Waals surface area contributed by atoms with Gasteiger partial charge in [0, 0.05) is 18.6 Å². The van der Waals surface area contributed by atoms with Gasteiger partial charge in [0.05, 0.1) is 17.4 Å². The van der Waals surface area contributed by atoms with E-state index >= 15 is 0 Å². The van der Waals surface area contributed by atoms with Gasteiger partial charge in [-0.05, 0) is 12.5 Å². The Labute approximate surface area is 103 Å². The Morgan fingerprint density at radius 2 is 2.39 bits per heavy atom. The molecule has 5 nitrogen and oxygen atoms in total. The topological polar surface area (TPSA) is 69.4 Å². The molecule has 96 valence electrons. The van der Waals surface area contributed by atoms with E-state index in [4.69, 9.17) is 4.74 Å².